The molecule has 3 rings (SSSR count). The molecule has 1 fully saturated rings. The van der Waals surface area contributed by atoms with Crippen LogP contribution in [0.5, 0.6) is 0 Å². The largest absolute Gasteiger partial charge is 0.353 e. The molecule has 0 radical (unpaired) electrons. The Morgan fingerprint density at radius 1 is 1.42 bits per heavy atom. The van der Waals surface area contributed by atoms with Gasteiger partial charge in [0.05, 0.1) is 5.54 Å². The third-order valence-electron chi connectivity index (χ3n) is 4.14. The van der Waals surface area contributed by atoms with E-state index < -0.39 is 0 Å². The van der Waals surface area contributed by atoms with E-state index in [-0.39, 0.29) is 5.54 Å². The summed E-state index contributed by atoms with van der Waals surface area (Å²) in [7, 11) is 2.10. The molecule has 2 aromatic rings. The lowest BCUT2D eigenvalue weighted by molar-refractivity contribution is 0.333. The van der Waals surface area contributed by atoms with Crippen LogP contribution in [0.3, 0.4) is 0 Å². The van der Waals surface area contributed by atoms with Gasteiger partial charge in [0.15, 0.2) is 0 Å². The molecule has 0 bridgehead atoms. The molecule has 2 heterocycles. The first-order chi connectivity index (χ1) is 9.20. The van der Waals surface area contributed by atoms with E-state index in [1.807, 2.05) is 0 Å². The van der Waals surface area contributed by atoms with Crippen molar-refractivity contribution < 1.29 is 0 Å². The Balaban J connectivity index is 1.80. The zero-order valence-electron chi connectivity index (χ0n) is 11.6. The normalized spacial score (nSPS) is 18.0. The Morgan fingerprint density at radius 2 is 2.21 bits per heavy atom. The van der Waals surface area contributed by atoms with Crippen molar-refractivity contribution in [2.45, 2.75) is 44.7 Å². The van der Waals surface area contributed by atoms with Crippen LogP contribution in [-0.2, 0) is 19.1 Å². The van der Waals surface area contributed by atoms with E-state index in [9.17, 15) is 0 Å². The van der Waals surface area contributed by atoms with Gasteiger partial charge in [-0.15, -0.1) is 11.3 Å². The number of aromatic nitrogens is 2. The minimum absolute atomic E-state index is 0.114. The van der Waals surface area contributed by atoms with Crippen LogP contribution in [-0.4, -0.2) is 9.55 Å². The maximum Gasteiger partial charge on any atom is 0.113 e. The first kappa shape index (κ1) is 12.9. The van der Waals surface area contributed by atoms with E-state index in [0.29, 0.717) is 0 Å². The van der Waals surface area contributed by atoms with Gasteiger partial charge in [0, 0.05) is 36.6 Å². The third-order valence-corrected chi connectivity index (χ3v) is 5.31. The number of nitrogens with one attached hydrogen (secondary N) is 1. The molecular formula is C15H21N3S. The molecule has 2 aromatic heterocycles. The highest BCUT2D eigenvalue weighted by molar-refractivity contribution is 7.09. The van der Waals surface area contributed by atoms with Crippen LogP contribution < -0.4 is 5.32 Å². The molecule has 1 aliphatic carbocycles. The van der Waals surface area contributed by atoms with Gasteiger partial charge < -0.3 is 4.57 Å². The fourth-order valence-electron chi connectivity index (χ4n) is 2.96. The number of nitrogens with zero attached hydrogens (tertiary/aromatic N) is 2. The van der Waals surface area contributed by atoms with Gasteiger partial charge in [0.2, 0.25) is 0 Å². The van der Waals surface area contributed by atoms with Crippen LogP contribution in [0.25, 0.3) is 0 Å². The Morgan fingerprint density at radius 3 is 2.79 bits per heavy atom. The van der Waals surface area contributed by atoms with Crippen molar-refractivity contribution in [1.29, 1.82) is 0 Å². The van der Waals surface area contributed by atoms with Gasteiger partial charge in [-0.1, -0.05) is 12.8 Å². The predicted octanol–water partition coefficient (Wildman–Crippen LogP) is 3.35. The van der Waals surface area contributed by atoms with E-state index in [1.165, 1.54) is 36.4 Å². The molecular weight excluding hydrogens is 254 g/mol. The van der Waals surface area contributed by atoms with Crippen LogP contribution >= 0.6 is 11.3 Å². The summed E-state index contributed by atoms with van der Waals surface area (Å²) in [6.45, 7) is 3.00. The smallest absolute Gasteiger partial charge is 0.113 e. The average molecular weight is 275 g/mol. The van der Waals surface area contributed by atoms with Crippen molar-refractivity contribution in [3.05, 3.63) is 40.1 Å². The maximum absolute atomic E-state index is 4.74. The number of hydrogen-bond acceptors (Lipinski definition) is 3. The second-order valence-electron chi connectivity index (χ2n) is 5.55. The van der Waals surface area contributed by atoms with Gasteiger partial charge in [0.25, 0.3) is 0 Å². The highest BCUT2D eigenvalue weighted by Gasteiger charge is 2.37. The van der Waals surface area contributed by atoms with E-state index >= 15 is 0 Å². The fourth-order valence-corrected chi connectivity index (χ4v) is 3.99. The molecule has 3 nitrogen and oxygen atoms in total. The topological polar surface area (TPSA) is 29.9 Å². The molecule has 0 atom stereocenters. The standard InChI is InChI=1S/C15H21N3S/c1-12-11-19-14(17-12)15(7-3-4-8-15)16-10-13-6-5-9-18(13)2/h5-6,9,11,16H,3-4,7-8,10H2,1-2H3. The zero-order chi connectivity index (χ0) is 13.3. The van der Waals surface area contributed by atoms with E-state index in [0.717, 1.165) is 12.2 Å². The van der Waals surface area contributed by atoms with Gasteiger partial charge >= 0.3 is 0 Å². The van der Waals surface area contributed by atoms with Gasteiger partial charge in [-0.05, 0) is 31.9 Å². The van der Waals surface area contributed by atoms with Gasteiger partial charge in [0.1, 0.15) is 5.01 Å². The van der Waals surface area contributed by atoms with E-state index in [4.69, 9.17) is 4.98 Å². The number of rotatable bonds is 4. The Labute approximate surface area is 118 Å². The summed E-state index contributed by atoms with van der Waals surface area (Å²) in [5, 5.41) is 7.24. The molecule has 0 unspecified atom stereocenters. The quantitative estimate of drug-likeness (QED) is 0.927. The minimum Gasteiger partial charge on any atom is -0.353 e. The lowest BCUT2D eigenvalue weighted by atomic mass is 9.98. The summed E-state index contributed by atoms with van der Waals surface area (Å²) >= 11 is 1.81. The van der Waals surface area contributed by atoms with Crippen molar-refractivity contribution in [2.24, 2.45) is 7.05 Å². The average Bonchev–Trinajstić information content (AvgIpc) is 3.08. The maximum atomic E-state index is 4.74. The van der Waals surface area contributed by atoms with Gasteiger partial charge in [-0.2, -0.15) is 0 Å². The minimum atomic E-state index is 0.114. The van der Waals surface area contributed by atoms with Crippen LogP contribution in [0.2, 0.25) is 0 Å². The zero-order valence-corrected chi connectivity index (χ0v) is 12.5. The summed E-state index contributed by atoms with van der Waals surface area (Å²) in [6.07, 6.45) is 7.14. The molecule has 102 valence electrons. The van der Waals surface area contributed by atoms with Gasteiger partial charge in [-0.3, -0.25) is 5.32 Å². The SMILES string of the molecule is Cc1csc(C2(NCc3cccn3C)CCCC2)n1. The van der Waals surface area contributed by atoms with Crippen molar-refractivity contribution in [2.75, 3.05) is 0 Å². The van der Waals surface area contributed by atoms with Crippen molar-refractivity contribution in [1.82, 2.24) is 14.9 Å². The molecule has 19 heavy (non-hydrogen) atoms. The molecule has 0 aromatic carbocycles. The Hall–Kier alpha value is -1.13. The van der Waals surface area contributed by atoms with E-state index in [1.54, 1.807) is 11.3 Å². The summed E-state index contributed by atoms with van der Waals surface area (Å²) in [5.74, 6) is 0. The van der Waals surface area contributed by atoms with Crippen LogP contribution in [0.4, 0.5) is 0 Å². The van der Waals surface area contributed by atoms with Crippen LogP contribution in [0.15, 0.2) is 23.7 Å². The molecule has 0 aliphatic heterocycles. The number of thiazole rings is 1. The fraction of sp³-hybridized carbons (Fsp3) is 0.533. The summed E-state index contributed by atoms with van der Waals surface area (Å²) in [6, 6.07) is 4.29. The lowest BCUT2D eigenvalue weighted by Crippen LogP contribution is -2.39. The lowest BCUT2D eigenvalue weighted by Gasteiger charge is -2.28. The highest BCUT2D eigenvalue weighted by Crippen LogP contribution is 2.40. The first-order valence-corrected chi connectivity index (χ1v) is 7.85. The molecule has 1 saturated carbocycles. The summed E-state index contributed by atoms with van der Waals surface area (Å²) in [4.78, 5) is 4.74. The molecule has 4 heteroatoms. The summed E-state index contributed by atoms with van der Waals surface area (Å²) < 4.78 is 2.18. The highest BCUT2D eigenvalue weighted by atomic mass is 32.1. The predicted molar refractivity (Wildman–Crippen MR) is 79.2 cm³/mol. The summed E-state index contributed by atoms with van der Waals surface area (Å²) in [5.41, 5.74) is 2.59. The molecule has 1 aliphatic rings. The Kier molecular flexibility index (Phi) is 3.46. The number of hydrogen-bond donors (Lipinski definition) is 1. The first-order valence-electron chi connectivity index (χ1n) is 6.97. The second-order valence-corrected chi connectivity index (χ2v) is 6.41. The number of aryl methyl sites for hydroxylation is 2. The van der Waals surface area contributed by atoms with E-state index in [2.05, 4.69) is 47.6 Å². The van der Waals surface area contributed by atoms with Crippen LogP contribution in [0, 0.1) is 6.92 Å². The third kappa shape index (κ3) is 2.47. The van der Waals surface area contributed by atoms with Crippen LogP contribution in [0.1, 0.15) is 42.1 Å². The molecule has 1 N–H and O–H groups in total. The monoisotopic (exact) mass is 275 g/mol. The van der Waals surface area contributed by atoms with Gasteiger partial charge in [-0.25, -0.2) is 4.98 Å². The second kappa shape index (κ2) is 5.10. The van der Waals surface area contributed by atoms with Crippen molar-refractivity contribution >= 4 is 11.3 Å². The molecule has 0 amide bonds. The van der Waals surface area contributed by atoms with Crippen molar-refractivity contribution in [3.63, 3.8) is 0 Å². The molecule has 0 spiro atoms. The Bertz CT molecular complexity index is 549. The van der Waals surface area contributed by atoms with Crippen molar-refractivity contribution in [3.8, 4) is 0 Å². The molecule has 0 saturated heterocycles.